The fraction of sp³-hybridized carbons (Fsp3) is 0.364. The van der Waals surface area contributed by atoms with Crippen molar-refractivity contribution in [3.63, 3.8) is 0 Å². The molecule has 1 aliphatic rings. The van der Waals surface area contributed by atoms with E-state index in [1.165, 1.54) is 22.4 Å². The van der Waals surface area contributed by atoms with E-state index in [-0.39, 0.29) is 17.6 Å². The van der Waals surface area contributed by atoms with Crippen molar-refractivity contribution in [2.24, 2.45) is 5.92 Å². The number of nitrogens with one attached hydrogen (secondary N) is 1. The van der Waals surface area contributed by atoms with Gasteiger partial charge in [0, 0.05) is 25.6 Å². The molecule has 4 nitrogen and oxygen atoms in total. The Labute approximate surface area is 168 Å². The van der Waals surface area contributed by atoms with Crippen LogP contribution in [0.4, 0.5) is 9.52 Å². The minimum Gasteiger partial charge on any atom is -0.352 e. The summed E-state index contributed by atoms with van der Waals surface area (Å²) in [6.07, 6.45) is 2.68. The van der Waals surface area contributed by atoms with E-state index in [4.69, 9.17) is 4.98 Å². The lowest BCUT2D eigenvalue weighted by Crippen LogP contribution is -2.40. The molecule has 1 amide bonds. The van der Waals surface area contributed by atoms with Crippen LogP contribution in [-0.4, -0.2) is 24.0 Å². The van der Waals surface area contributed by atoms with Gasteiger partial charge in [0.15, 0.2) is 5.13 Å². The number of aryl methyl sites for hydroxylation is 1. The van der Waals surface area contributed by atoms with Gasteiger partial charge in [-0.15, -0.1) is 0 Å². The van der Waals surface area contributed by atoms with Crippen LogP contribution in [0.25, 0.3) is 10.2 Å². The lowest BCUT2D eigenvalue weighted by molar-refractivity contribution is -0.125. The predicted octanol–water partition coefficient (Wildman–Crippen LogP) is 4.53. The van der Waals surface area contributed by atoms with Gasteiger partial charge in [-0.2, -0.15) is 0 Å². The highest BCUT2D eigenvalue weighted by molar-refractivity contribution is 7.22. The number of anilines is 1. The molecular formula is C22H24FN3OS. The van der Waals surface area contributed by atoms with E-state index in [2.05, 4.69) is 35.3 Å². The first-order chi connectivity index (χ1) is 13.6. The van der Waals surface area contributed by atoms with Crippen LogP contribution in [0.15, 0.2) is 42.5 Å². The van der Waals surface area contributed by atoms with Crippen LogP contribution >= 0.6 is 11.3 Å². The van der Waals surface area contributed by atoms with E-state index in [1.54, 1.807) is 23.5 Å². The molecule has 4 rings (SSSR count). The molecule has 0 atom stereocenters. The fourth-order valence-corrected chi connectivity index (χ4v) is 4.66. The molecule has 2 heterocycles. The number of rotatable bonds is 5. The molecule has 1 aliphatic heterocycles. The van der Waals surface area contributed by atoms with E-state index in [0.29, 0.717) is 6.54 Å². The van der Waals surface area contributed by atoms with Crippen LogP contribution in [0, 0.1) is 11.7 Å². The highest BCUT2D eigenvalue weighted by Crippen LogP contribution is 2.32. The second kappa shape index (κ2) is 8.27. The number of aromatic nitrogens is 1. The first-order valence-electron chi connectivity index (χ1n) is 9.79. The maximum Gasteiger partial charge on any atom is 0.223 e. The van der Waals surface area contributed by atoms with Gasteiger partial charge in [0.05, 0.1) is 10.2 Å². The average Bonchev–Trinajstić information content (AvgIpc) is 3.16. The summed E-state index contributed by atoms with van der Waals surface area (Å²) in [5, 5.41) is 4.03. The lowest BCUT2D eigenvalue weighted by atomic mass is 9.96. The van der Waals surface area contributed by atoms with Crippen molar-refractivity contribution in [3.8, 4) is 0 Å². The second-order valence-corrected chi connectivity index (χ2v) is 8.27. The van der Waals surface area contributed by atoms with Crippen molar-refractivity contribution < 1.29 is 9.18 Å². The summed E-state index contributed by atoms with van der Waals surface area (Å²) in [5.74, 6) is -0.151. The highest BCUT2D eigenvalue weighted by Gasteiger charge is 2.26. The summed E-state index contributed by atoms with van der Waals surface area (Å²) >= 11 is 1.74. The largest absolute Gasteiger partial charge is 0.352 e. The van der Waals surface area contributed by atoms with Crippen LogP contribution in [0.3, 0.4) is 0 Å². The summed E-state index contributed by atoms with van der Waals surface area (Å²) < 4.78 is 14.2. The average molecular weight is 398 g/mol. The number of nitrogens with zero attached hydrogens (tertiary/aromatic N) is 2. The van der Waals surface area contributed by atoms with Crippen LogP contribution < -0.4 is 10.2 Å². The number of carbonyl (C=O) groups excluding carboxylic acids is 1. The van der Waals surface area contributed by atoms with Crippen LogP contribution in [0.5, 0.6) is 0 Å². The Balaban J connectivity index is 1.32. The molecule has 0 radical (unpaired) electrons. The molecule has 0 spiro atoms. The van der Waals surface area contributed by atoms with Crippen molar-refractivity contribution in [2.45, 2.75) is 32.7 Å². The summed E-state index contributed by atoms with van der Waals surface area (Å²) in [4.78, 5) is 19.5. The van der Waals surface area contributed by atoms with Gasteiger partial charge in [-0.05, 0) is 54.7 Å². The Morgan fingerprint density at radius 1 is 1.18 bits per heavy atom. The summed E-state index contributed by atoms with van der Waals surface area (Å²) in [6, 6.07) is 12.7. The maximum atomic E-state index is 13.0. The quantitative estimate of drug-likeness (QED) is 0.688. The Morgan fingerprint density at radius 3 is 2.61 bits per heavy atom. The fourth-order valence-electron chi connectivity index (χ4n) is 3.58. The zero-order chi connectivity index (χ0) is 19.5. The number of hydrogen-bond acceptors (Lipinski definition) is 4. The Morgan fingerprint density at radius 2 is 1.89 bits per heavy atom. The van der Waals surface area contributed by atoms with Gasteiger partial charge in [-0.3, -0.25) is 4.79 Å². The van der Waals surface area contributed by atoms with E-state index >= 15 is 0 Å². The lowest BCUT2D eigenvalue weighted by Gasteiger charge is -2.31. The number of carbonyl (C=O) groups is 1. The normalized spacial score (nSPS) is 15.1. The molecule has 0 saturated carbocycles. The van der Waals surface area contributed by atoms with Gasteiger partial charge in [0.2, 0.25) is 5.91 Å². The second-order valence-electron chi connectivity index (χ2n) is 7.26. The third-order valence-corrected chi connectivity index (χ3v) is 6.45. The topological polar surface area (TPSA) is 45.2 Å². The number of amides is 1. The van der Waals surface area contributed by atoms with Crippen LogP contribution in [-0.2, 0) is 17.8 Å². The molecule has 1 N–H and O–H groups in total. The van der Waals surface area contributed by atoms with Gasteiger partial charge in [-0.1, -0.05) is 36.5 Å². The zero-order valence-corrected chi connectivity index (χ0v) is 16.8. The minimum absolute atomic E-state index is 0.0257. The standard InChI is InChI=1S/C22H24FN3OS/c1-2-15-5-8-19-20(13-15)28-22(25-19)26-11-9-17(10-12-26)21(27)24-14-16-3-6-18(23)7-4-16/h3-8,13,17H,2,9-12,14H2,1H3,(H,24,27). The molecular weight excluding hydrogens is 373 g/mol. The van der Waals surface area contributed by atoms with E-state index in [9.17, 15) is 9.18 Å². The van der Waals surface area contributed by atoms with Gasteiger partial charge in [0.1, 0.15) is 5.82 Å². The Hall–Kier alpha value is -2.47. The smallest absolute Gasteiger partial charge is 0.223 e. The summed E-state index contributed by atoms with van der Waals surface area (Å²) in [6.45, 7) is 4.29. The molecule has 0 unspecified atom stereocenters. The number of fused-ring (bicyclic) bond motifs is 1. The Kier molecular flexibility index (Phi) is 5.57. The van der Waals surface area contributed by atoms with Gasteiger partial charge >= 0.3 is 0 Å². The summed E-state index contributed by atoms with van der Waals surface area (Å²) in [7, 11) is 0. The van der Waals surface area contributed by atoms with E-state index in [0.717, 1.165) is 48.6 Å². The van der Waals surface area contributed by atoms with E-state index < -0.39 is 0 Å². The molecule has 146 valence electrons. The van der Waals surface area contributed by atoms with Crippen LogP contribution in [0.1, 0.15) is 30.9 Å². The zero-order valence-electron chi connectivity index (χ0n) is 16.0. The molecule has 2 aromatic carbocycles. The molecule has 3 aromatic rings. The first kappa shape index (κ1) is 18.9. The van der Waals surface area contributed by atoms with Gasteiger partial charge in [-0.25, -0.2) is 9.37 Å². The SMILES string of the molecule is CCc1ccc2nc(N3CCC(C(=O)NCc4ccc(F)cc4)CC3)sc2c1. The summed E-state index contributed by atoms with van der Waals surface area (Å²) in [5.41, 5.74) is 3.30. The number of halogens is 1. The molecule has 28 heavy (non-hydrogen) atoms. The predicted molar refractivity (Wildman–Crippen MR) is 112 cm³/mol. The first-order valence-corrected chi connectivity index (χ1v) is 10.6. The minimum atomic E-state index is -0.261. The third kappa shape index (κ3) is 4.17. The molecule has 1 fully saturated rings. The number of thiazole rings is 1. The Bertz CT molecular complexity index is 962. The molecule has 6 heteroatoms. The van der Waals surface area contributed by atoms with Crippen molar-refractivity contribution in [1.29, 1.82) is 0 Å². The molecule has 1 aromatic heterocycles. The molecule has 1 saturated heterocycles. The maximum absolute atomic E-state index is 13.0. The van der Waals surface area contributed by atoms with Crippen LogP contribution in [0.2, 0.25) is 0 Å². The number of hydrogen-bond donors (Lipinski definition) is 1. The third-order valence-electron chi connectivity index (χ3n) is 5.37. The van der Waals surface area contributed by atoms with Crippen molar-refractivity contribution in [1.82, 2.24) is 10.3 Å². The molecule has 0 bridgehead atoms. The number of piperidine rings is 1. The number of benzene rings is 2. The van der Waals surface area contributed by atoms with Gasteiger partial charge in [0.25, 0.3) is 0 Å². The van der Waals surface area contributed by atoms with E-state index in [1.807, 2.05) is 0 Å². The molecule has 0 aliphatic carbocycles. The highest BCUT2D eigenvalue weighted by atomic mass is 32.1. The monoisotopic (exact) mass is 397 g/mol. The van der Waals surface area contributed by atoms with Crippen molar-refractivity contribution in [2.75, 3.05) is 18.0 Å². The van der Waals surface area contributed by atoms with Crippen molar-refractivity contribution in [3.05, 3.63) is 59.4 Å². The van der Waals surface area contributed by atoms with Crippen molar-refractivity contribution >= 4 is 32.6 Å². The van der Waals surface area contributed by atoms with Gasteiger partial charge < -0.3 is 10.2 Å².